The van der Waals surface area contributed by atoms with Crippen molar-refractivity contribution in [1.82, 2.24) is 4.90 Å². The summed E-state index contributed by atoms with van der Waals surface area (Å²) < 4.78 is 16.1. The molecule has 1 aliphatic rings. The van der Waals surface area contributed by atoms with E-state index in [1.165, 1.54) is 0 Å². The highest BCUT2D eigenvalue weighted by Crippen LogP contribution is 2.34. The number of ether oxygens (including phenoxy) is 2. The van der Waals surface area contributed by atoms with Gasteiger partial charge in [0.15, 0.2) is 11.5 Å². The van der Waals surface area contributed by atoms with E-state index >= 15 is 0 Å². The van der Waals surface area contributed by atoms with E-state index in [2.05, 4.69) is 0 Å². The van der Waals surface area contributed by atoms with Gasteiger partial charge in [0.25, 0.3) is 0 Å². The summed E-state index contributed by atoms with van der Waals surface area (Å²) in [6.45, 7) is 2.59. The first-order valence-corrected chi connectivity index (χ1v) is 8.75. The van der Waals surface area contributed by atoms with Crippen LogP contribution in [-0.2, 0) is 16.1 Å². The second-order valence-electron chi connectivity index (χ2n) is 6.65. The monoisotopic (exact) mass is 372 g/mol. The summed E-state index contributed by atoms with van der Waals surface area (Å²) in [6.07, 6.45) is 0.189. The number of furan rings is 1. The molecule has 1 unspecified atom stereocenters. The standard InChI is InChI=1S/C20H24N2O5/c1-13-5-7-16(27-13)12-21(2)20(24)14-9-19(23)22(11-14)15-6-8-17(25-3)18(10-15)26-4/h5-8,10,14H,9,11-12H2,1-4H3. The SMILES string of the molecule is COc1ccc(N2CC(C(=O)N(C)Cc3ccc(C)o3)CC2=O)cc1OC. The van der Waals surface area contributed by atoms with Crippen LogP contribution in [0.15, 0.2) is 34.7 Å². The first-order chi connectivity index (χ1) is 12.9. The number of carbonyl (C=O) groups is 2. The third-order valence-corrected chi connectivity index (χ3v) is 4.72. The summed E-state index contributed by atoms with van der Waals surface area (Å²) in [5.41, 5.74) is 0.692. The molecule has 7 heteroatoms. The van der Waals surface area contributed by atoms with Gasteiger partial charge in [-0.2, -0.15) is 0 Å². The Morgan fingerprint density at radius 3 is 2.59 bits per heavy atom. The van der Waals surface area contributed by atoms with E-state index < -0.39 is 0 Å². The Kier molecular flexibility index (Phi) is 5.39. The molecule has 7 nitrogen and oxygen atoms in total. The number of benzene rings is 1. The third-order valence-electron chi connectivity index (χ3n) is 4.72. The molecule has 1 saturated heterocycles. The van der Waals surface area contributed by atoms with Crippen molar-refractivity contribution in [2.75, 3.05) is 32.7 Å². The van der Waals surface area contributed by atoms with Crippen molar-refractivity contribution in [3.05, 3.63) is 41.9 Å². The van der Waals surface area contributed by atoms with Crippen molar-refractivity contribution < 1.29 is 23.5 Å². The summed E-state index contributed by atoms with van der Waals surface area (Å²) in [4.78, 5) is 28.5. The summed E-state index contributed by atoms with van der Waals surface area (Å²) >= 11 is 0. The number of aryl methyl sites for hydroxylation is 1. The van der Waals surface area contributed by atoms with Gasteiger partial charge in [-0.15, -0.1) is 0 Å². The predicted molar refractivity (Wildman–Crippen MR) is 99.9 cm³/mol. The maximum Gasteiger partial charge on any atom is 0.228 e. The number of anilines is 1. The number of amides is 2. The lowest BCUT2D eigenvalue weighted by molar-refractivity contribution is -0.135. The minimum Gasteiger partial charge on any atom is -0.493 e. The van der Waals surface area contributed by atoms with Gasteiger partial charge in [-0.05, 0) is 31.2 Å². The minimum absolute atomic E-state index is 0.0691. The number of methoxy groups -OCH3 is 2. The van der Waals surface area contributed by atoms with E-state index in [4.69, 9.17) is 13.9 Å². The lowest BCUT2D eigenvalue weighted by Gasteiger charge is -2.21. The van der Waals surface area contributed by atoms with Gasteiger partial charge in [0.05, 0.1) is 26.7 Å². The van der Waals surface area contributed by atoms with E-state index in [-0.39, 0.29) is 24.2 Å². The molecule has 1 aromatic heterocycles. The van der Waals surface area contributed by atoms with Gasteiger partial charge in [0, 0.05) is 31.8 Å². The zero-order valence-electron chi connectivity index (χ0n) is 16.0. The van der Waals surface area contributed by atoms with Gasteiger partial charge in [0.2, 0.25) is 11.8 Å². The van der Waals surface area contributed by atoms with Crippen LogP contribution in [-0.4, -0.2) is 44.5 Å². The first kappa shape index (κ1) is 18.8. The van der Waals surface area contributed by atoms with Crippen LogP contribution in [0.25, 0.3) is 0 Å². The second-order valence-corrected chi connectivity index (χ2v) is 6.65. The molecule has 1 aromatic carbocycles. The van der Waals surface area contributed by atoms with E-state index in [9.17, 15) is 9.59 Å². The van der Waals surface area contributed by atoms with Crippen molar-refractivity contribution in [3.63, 3.8) is 0 Å². The van der Waals surface area contributed by atoms with Crippen LogP contribution in [0.1, 0.15) is 17.9 Å². The van der Waals surface area contributed by atoms with Crippen LogP contribution in [0.2, 0.25) is 0 Å². The highest BCUT2D eigenvalue weighted by Gasteiger charge is 2.36. The molecule has 27 heavy (non-hydrogen) atoms. The third kappa shape index (κ3) is 3.92. The smallest absolute Gasteiger partial charge is 0.228 e. The fourth-order valence-electron chi connectivity index (χ4n) is 3.31. The van der Waals surface area contributed by atoms with Gasteiger partial charge < -0.3 is 23.7 Å². The zero-order valence-corrected chi connectivity index (χ0v) is 16.0. The van der Waals surface area contributed by atoms with Crippen molar-refractivity contribution in [2.45, 2.75) is 19.9 Å². The fourth-order valence-corrected chi connectivity index (χ4v) is 3.31. The maximum atomic E-state index is 12.8. The molecule has 3 rings (SSSR count). The molecule has 1 atom stereocenters. The molecular formula is C20H24N2O5. The Balaban J connectivity index is 1.70. The molecule has 0 bridgehead atoms. The summed E-state index contributed by atoms with van der Waals surface area (Å²) in [6, 6.07) is 9.02. The van der Waals surface area contributed by atoms with Gasteiger partial charge >= 0.3 is 0 Å². The molecule has 0 N–H and O–H groups in total. The van der Waals surface area contributed by atoms with Crippen LogP contribution in [0.4, 0.5) is 5.69 Å². The number of hydrogen-bond acceptors (Lipinski definition) is 5. The van der Waals surface area contributed by atoms with E-state index in [1.807, 2.05) is 19.1 Å². The Bertz CT molecular complexity index is 845. The molecule has 2 aromatic rings. The minimum atomic E-state index is -0.383. The zero-order chi connectivity index (χ0) is 19.6. The van der Waals surface area contributed by atoms with E-state index in [1.54, 1.807) is 49.3 Å². The van der Waals surface area contributed by atoms with Crippen LogP contribution in [0, 0.1) is 12.8 Å². The van der Waals surface area contributed by atoms with Crippen molar-refractivity contribution in [3.8, 4) is 11.5 Å². The van der Waals surface area contributed by atoms with Gasteiger partial charge in [0.1, 0.15) is 11.5 Å². The number of rotatable bonds is 6. The second kappa shape index (κ2) is 7.73. The number of hydrogen-bond donors (Lipinski definition) is 0. The Morgan fingerprint density at radius 2 is 1.96 bits per heavy atom. The summed E-state index contributed by atoms with van der Waals surface area (Å²) in [5.74, 6) is 2.14. The molecule has 144 valence electrons. The number of carbonyl (C=O) groups excluding carboxylic acids is 2. The molecule has 0 aliphatic carbocycles. The topological polar surface area (TPSA) is 72.2 Å². The van der Waals surface area contributed by atoms with Crippen LogP contribution in [0.5, 0.6) is 11.5 Å². The van der Waals surface area contributed by atoms with Crippen molar-refractivity contribution >= 4 is 17.5 Å². The lowest BCUT2D eigenvalue weighted by atomic mass is 10.1. The Hall–Kier alpha value is -2.96. The lowest BCUT2D eigenvalue weighted by Crippen LogP contribution is -2.34. The summed E-state index contributed by atoms with van der Waals surface area (Å²) in [5, 5.41) is 0. The molecular weight excluding hydrogens is 348 g/mol. The Morgan fingerprint density at radius 1 is 1.22 bits per heavy atom. The van der Waals surface area contributed by atoms with E-state index in [0.29, 0.717) is 30.3 Å². The fraction of sp³-hybridized carbons (Fsp3) is 0.400. The molecule has 1 fully saturated rings. The van der Waals surface area contributed by atoms with Crippen LogP contribution < -0.4 is 14.4 Å². The van der Waals surface area contributed by atoms with Gasteiger partial charge in [-0.1, -0.05) is 0 Å². The molecule has 0 spiro atoms. The van der Waals surface area contributed by atoms with Crippen LogP contribution >= 0.6 is 0 Å². The van der Waals surface area contributed by atoms with Gasteiger partial charge in [-0.25, -0.2) is 0 Å². The Labute approximate surface area is 158 Å². The number of nitrogens with zero attached hydrogens (tertiary/aromatic N) is 2. The predicted octanol–water partition coefficient (Wildman–Crippen LogP) is 2.62. The normalized spacial score (nSPS) is 16.5. The van der Waals surface area contributed by atoms with Crippen LogP contribution in [0.3, 0.4) is 0 Å². The maximum absolute atomic E-state index is 12.8. The summed E-state index contributed by atoms with van der Waals surface area (Å²) in [7, 11) is 4.83. The molecule has 0 radical (unpaired) electrons. The highest BCUT2D eigenvalue weighted by atomic mass is 16.5. The molecule has 0 saturated carbocycles. The molecule has 2 amide bonds. The average Bonchev–Trinajstić information content (AvgIpc) is 3.25. The van der Waals surface area contributed by atoms with Gasteiger partial charge in [-0.3, -0.25) is 9.59 Å². The average molecular weight is 372 g/mol. The van der Waals surface area contributed by atoms with Crippen molar-refractivity contribution in [2.24, 2.45) is 5.92 Å². The highest BCUT2D eigenvalue weighted by molar-refractivity contribution is 6.00. The quantitative estimate of drug-likeness (QED) is 0.779. The van der Waals surface area contributed by atoms with E-state index in [0.717, 1.165) is 11.5 Å². The molecule has 1 aliphatic heterocycles. The largest absolute Gasteiger partial charge is 0.493 e. The first-order valence-electron chi connectivity index (χ1n) is 8.75. The molecule has 2 heterocycles. The van der Waals surface area contributed by atoms with Crippen molar-refractivity contribution in [1.29, 1.82) is 0 Å².